The highest BCUT2D eigenvalue weighted by molar-refractivity contribution is 5.87. The highest BCUT2D eigenvalue weighted by Crippen LogP contribution is 2.29. The van der Waals surface area contributed by atoms with Gasteiger partial charge >= 0.3 is 5.97 Å². The number of aliphatic hydroxyl groups excluding tert-OH is 1. The van der Waals surface area contributed by atoms with Crippen molar-refractivity contribution >= 4 is 12.0 Å². The third kappa shape index (κ3) is 7.15. The van der Waals surface area contributed by atoms with E-state index in [1.807, 2.05) is 26.8 Å². The quantitative estimate of drug-likeness (QED) is 0.453. The fourth-order valence-electron chi connectivity index (χ4n) is 2.31. The number of allylic oxidation sites excluding steroid dienone is 3. The number of carbonyl (C=O) groups is 1. The summed E-state index contributed by atoms with van der Waals surface area (Å²) in [6.07, 6.45) is 5.22. The Kier molecular flexibility index (Phi) is 10.3. The van der Waals surface area contributed by atoms with Crippen LogP contribution >= 0.6 is 0 Å². The molecular weight excluding hydrogens is 394 g/mol. The van der Waals surface area contributed by atoms with E-state index in [1.54, 1.807) is 67.1 Å². The number of aliphatic hydroxyl groups is 1. The Bertz CT molecular complexity index is 1030. The first-order valence-corrected chi connectivity index (χ1v) is 9.91. The first-order valence-electron chi connectivity index (χ1n) is 9.91. The molecule has 0 aliphatic carbocycles. The number of hydrogen-bond acceptors (Lipinski definition) is 5. The maximum absolute atomic E-state index is 11.0. The number of nitrogens with zero attached hydrogens (tertiary/aromatic N) is 3. The van der Waals surface area contributed by atoms with Crippen molar-refractivity contribution in [1.29, 1.82) is 0 Å². The second-order valence-electron chi connectivity index (χ2n) is 6.00. The van der Waals surface area contributed by atoms with Crippen LogP contribution < -0.4 is 0 Å². The van der Waals surface area contributed by atoms with Crippen LogP contribution in [0, 0.1) is 0 Å². The summed E-state index contributed by atoms with van der Waals surface area (Å²) in [4.78, 5) is 15.4. The molecule has 0 atom stereocenters. The predicted molar refractivity (Wildman–Crippen MR) is 124 cm³/mol. The lowest BCUT2D eigenvalue weighted by atomic mass is 10.1. The zero-order valence-corrected chi connectivity index (χ0v) is 18.4. The van der Waals surface area contributed by atoms with Crippen LogP contribution in [0.3, 0.4) is 0 Å². The van der Waals surface area contributed by atoms with Gasteiger partial charge < -0.3 is 15.3 Å². The molecule has 164 valence electrons. The Labute approximate surface area is 182 Å². The molecule has 7 heteroatoms. The Morgan fingerprint density at radius 3 is 2.06 bits per heavy atom. The first kappa shape index (κ1) is 25.2. The summed E-state index contributed by atoms with van der Waals surface area (Å²) in [6.45, 7) is 9.29. The summed E-state index contributed by atoms with van der Waals surface area (Å²) in [5.41, 5.74) is 1.39. The van der Waals surface area contributed by atoms with Crippen molar-refractivity contribution in [2.75, 3.05) is 0 Å². The molecule has 0 radical (unpaired) electrons. The van der Waals surface area contributed by atoms with Gasteiger partial charge in [0.05, 0.1) is 22.6 Å². The number of aromatic nitrogens is 3. The first-order chi connectivity index (χ1) is 14.9. The number of rotatable bonds is 4. The maximum atomic E-state index is 11.0. The van der Waals surface area contributed by atoms with E-state index >= 15 is 0 Å². The van der Waals surface area contributed by atoms with Gasteiger partial charge in [-0.05, 0) is 63.2 Å². The fraction of sp³-hybridized carbons (Fsp3) is 0.208. The topological polar surface area (TPSA) is 108 Å². The lowest BCUT2D eigenvalue weighted by Gasteiger charge is -2.07. The van der Waals surface area contributed by atoms with Gasteiger partial charge in [-0.2, -0.15) is 0 Å². The zero-order chi connectivity index (χ0) is 23.4. The van der Waals surface area contributed by atoms with E-state index in [4.69, 9.17) is 10.2 Å². The molecule has 0 fully saturated rings. The minimum Gasteiger partial charge on any atom is -0.513 e. The molecule has 0 spiro atoms. The molecule has 31 heavy (non-hydrogen) atoms. The molecule has 0 aliphatic heterocycles. The minimum absolute atomic E-state index is 0.0975. The molecule has 3 N–H and O–H groups in total. The Hall–Kier alpha value is -3.87. The second kappa shape index (κ2) is 12.6. The van der Waals surface area contributed by atoms with Crippen LogP contribution in [0.5, 0.6) is 5.75 Å². The number of aromatic hydroxyl groups is 1. The van der Waals surface area contributed by atoms with Gasteiger partial charge in [-0.15, -0.1) is 5.10 Å². The molecule has 0 bridgehead atoms. The summed E-state index contributed by atoms with van der Waals surface area (Å²) in [6, 6.07) is 13.2. The van der Waals surface area contributed by atoms with Gasteiger partial charge in [0.15, 0.2) is 11.6 Å². The van der Waals surface area contributed by atoms with Gasteiger partial charge in [-0.25, -0.2) is 14.5 Å². The molecule has 0 amide bonds. The van der Waals surface area contributed by atoms with Gasteiger partial charge in [0.2, 0.25) is 0 Å². The van der Waals surface area contributed by atoms with Crippen LogP contribution in [0.25, 0.3) is 23.2 Å². The smallest absolute Gasteiger partial charge is 0.335 e. The molecule has 1 aromatic heterocycles. The molecule has 0 unspecified atom stereocenters. The number of para-hydroxylation sites is 1. The molecule has 0 saturated heterocycles. The van der Waals surface area contributed by atoms with Crippen LogP contribution in [0.1, 0.15) is 50.8 Å². The molecule has 0 saturated carbocycles. The maximum Gasteiger partial charge on any atom is 0.335 e. The molecule has 1 heterocycles. The molecule has 0 aliphatic rings. The van der Waals surface area contributed by atoms with E-state index in [2.05, 4.69) is 10.1 Å². The molecule has 3 aromatic rings. The highest BCUT2D eigenvalue weighted by atomic mass is 16.4. The average molecular weight is 424 g/mol. The van der Waals surface area contributed by atoms with Crippen molar-refractivity contribution < 1.29 is 20.1 Å². The third-order valence-electron chi connectivity index (χ3n) is 3.86. The van der Waals surface area contributed by atoms with Gasteiger partial charge in [-0.1, -0.05) is 38.1 Å². The fourth-order valence-corrected chi connectivity index (χ4v) is 2.31. The number of carboxylic acid groups (broad SMARTS) is 1. The Morgan fingerprint density at radius 1 is 1.00 bits per heavy atom. The van der Waals surface area contributed by atoms with Crippen molar-refractivity contribution in [3.63, 3.8) is 0 Å². The van der Waals surface area contributed by atoms with Crippen molar-refractivity contribution in [2.24, 2.45) is 0 Å². The van der Waals surface area contributed by atoms with Crippen LogP contribution in [0.2, 0.25) is 0 Å². The standard InChI is InChI=1S/C18H15N3O3.C4H8O.C2H6/c1-2-5-16-19-17(14-6-3-4-7-15(14)22)21(20-16)13-10-8-12(9-11-13)18(23)24;1-3-4(2)5;1-2/h2-11,22H,1H3,(H,23,24);3,5H,1-2H3;1-2H3/b5-2+;4-3+;. The SMILES string of the molecule is C/C=C(\C)O.C/C=C/c1nc(-c2ccccc2O)n(-c2ccc(C(=O)O)cc2)n1.CC. The van der Waals surface area contributed by atoms with E-state index < -0.39 is 5.97 Å². The van der Waals surface area contributed by atoms with Crippen molar-refractivity contribution in [1.82, 2.24) is 14.8 Å². The lowest BCUT2D eigenvalue weighted by Crippen LogP contribution is -2.02. The number of hydrogen-bond donors (Lipinski definition) is 3. The van der Waals surface area contributed by atoms with Gasteiger partial charge in [-0.3, -0.25) is 0 Å². The number of benzene rings is 2. The lowest BCUT2D eigenvalue weighted by molar-refractivity contribution is 0.0697. The second-order valence-corrected chi connectivity index (χ2v) is 6.00. The van der Waals surface area contributed by atoms with Crippen molar-refractivity contribution in [3.8, 4) is 22.8 Å². The van der Waals surface area contributed by atoms with Crippen LogP contribution in [0.15, 0.2) is 66.4 Å². The summed E-state index contributed by atoms with van der Waals surface area (Å²) in [5.74, 6) is 0.461. The van der Waals surface area contributed by atoms with Gasteiger partial charge in [0, 0.05) is 0 Å². The summed E-state index contributed by atoms with van der Waals surface area (Å²) < 4.78 is 1.58. The summed E-state index contributed by atoms with van der Waals surface area (Å²) in [5, 5.41) is 31.8. The van der Waals surface area contributed by atoms with Crippen LogP contribution in [0.4, 0.5) is 0 Å². The Morgan fingerprint density at radius 2 is 1.58 bits per heavy atom. The van der Waals surface area contributed by atoms with Gasteiger partial charge in [0.25, 0.3) is 0 Å². The normalized spacial score (nSPS) is 10.7. The molecular formula is C24H29N3O4. The van der Waals surface area contributed by atoms with Crippen molar-refractivity contribution in [3.05, 3.63) is 77.8 Å². The molecule has 7 nitrogen and oxygen atoms in total. The monoisotopic (exact) mass is 423 g/mol. The minimum atomic E-state index is -0.990. The van der Waals surface area contributed by atoms with E-state index in [9.17, 15) is 9.90 Å². The van der Waals surface area contributed by atoms with Crippen LogP contribution in [-0.2, 0) is 0 Å². The number of phenols is 1. The van der Waals surface area contributed by atoms with E-state index in [0.29, 0.717) is 28.7 Å². The summed E-state index contributed by atoms with van der Waals surface area (Å²) in [7, 11) is 0. The third-order valence-corrected chi connectivity index (χ3v) is 3.86. The molecule has 3 rings (SSSR count). The Balaban J connectivity index is 0.000000605. The summed E-state index contributed by atoms with van der Waals surface area (Å²) >= 11 is 0. The van der Waals surface area contributed by atoms with E-state index in [0.717, 1.165) is 0 Å². The van der Waals surface area contributed by atoms with Gasteiger partial charge in [0.1, 0.15) is 5.75 Å². The number of aromatic carboxylic acids is 1. The zero-order valence-electron chi connectivity index (χ0n) is 18.4. The average Bonchev–Trinajstić information content (AvgIpc) is 3.20. The number of phenolic OH excluding ortho intramolecular Hbond substituents is 1. The predicted octanol–water partition coefficient (Wildman–Crippen LogP) is 5.87. The van der Waals surface area contributed by atoms with Crippen molar-refractivity contribution in [2.45, 2.75) is 34.6 Å². The van der Waals surface area contributed by atoms with Crippen LogP contribution in [-0.4, -0.2) is 36.1 Å². The highest BCUT2D eigenvalue weighted by Gasteiger charge is 2.15. The largest absolute Gasteiger partial charge is 0.513 e. The molecule has 2 aromatic carbocycles. The van der Waals surface area contributed by atoms with E-state index in [1.165, 1.54) is 12.1 Å². The number of carboxylic acids is 1. The van der Waals surface area contributed by atoms with E-state index in [-0.39, 0.29) is 11.3 Å².